The Labute approximate surface area is 143 Å². The predicted molar refractivity (Wildman–Crippen MR) is 92.7 cm³/mol. The summed E-state index contributed by atoms with van der Waals surface area (Å²) >= 11 is 3.57. The summed E-state index contributed by atoms with van der Waals surface area (Å²) in [6, 6.07) is 13.4. The van der Waals surface area contributed by atoms with Gasteiger partial charge in [0.15, 0.2) is 0 Å². The second-order valence-electron chi connectivity index (χ2n) is 5.56. The number of methoxy groups -OCH3 is 1. The molecule has 0 spiro atoms. The van der Waals surface area contributed by atoms with Crippen molar-refractivity contribution in [3.63, 3.8) is 0 Å². The van der Waals surface area contributed by atoms with Gasteiger partial charge in [0.1, 0.15) is 5.82 Å². The lowest BCUT2D eigenvalue weighted by Crippen LogP contribution is -2.52. The van der Waals surface area contributed by atoms with E-state index in [0.29, 0.717) is 17.6 Å². The second-order valence-corrected chi connectivity index (χ2v) is 6.42. The fourth-order valence-electron chi connectivity index (χ4n) is 2.63. The van der Waals surface area contributed by atoms with Crippen LogP contribution < -0.4 is 10.1 Å². The van der Waals surface area contributed by atoms with E-state index in [1.54, 1.807) is 30.2 Å². The Morgan fingerprint density at radius 2 is 2.09 bits per heavy atom. The SMILES string of the molecule is COc1cccc(NC(=O)N2CC(Cc3ccccc3Br)C2)n1. The quantitative estimate of drug-likeness (QED) is 0.888. The molecule has 0 atom stereocenters. The molecule has 0 saturated carbocycles. The second kappa shape index (κ2) is 7.00. The Hall–Kier alpha value is -2.08. The average Bonchev–Trinajstić information content (AvgIpc) is 2.52. The summed E-state index contributed by atoms with van der Waals surface area (Å²) in [6.07, 6.45) is 0.975. The Balaban J connectivity index is 1.51. The van der Waals surface area contributed by atoms with Crippen molar-refractivity contribution >= 4 is 27.8 Å². The van der Waals surface area contributed by atoms with Crippen molar-refractivity contribution in [2.45, 2.75) is 6.42 Å². The molecule has 5 nitrogen and oxygen atoms in total. The molecule has 120 valence electrons. The average molecular weight is 376 g/mol. The van der Waals surface area contributed by atoms with E-state index in [1.165, 1.54) is 5.56 Å². The van der Waals surface area contributed by atoms with Gasteiger partial charge in [-0.15, -0.1) is 0 Å². The number of anilines is 1. The van der Waals surface area contributed by atoms with Crippen LogP contribution in [0.15, 0.2) is 46.9 Å². The number of nitrogens with one attached hydrogen (secondary N) is 1. The van der Waals surface area contributed by atoms with Crippen LogP contribution in [-0.4, -0.2) is 36.1 Å². The van der Waals surface area contributed by atoms with Gasteiger partial charge in [0, 0.05) is 23.6 Å². The van der Waals surface area contributed by atoms with E-state index in [9.17, 15) is 4.79 Å². The highest BCUT2D eigenvalue weighted by atomic mass is 79.9. The number of nitrogens with zero attached hydrogens (tertiary/aromatic N) is 2. The molecule has 1 aliphatic heterocycles. The first kappa shape index (κ1) is 15.8. The molecule has 0 unspecified atom stereocenters. The van der Waals surface area contributed by atoms with Crippen molar-refractivity contribution in [1.82, 2.24) is 9.88 Å². The summed E-state index contributed by atoms with van der Waals surface area (Å²) in [4.78, 5) is 18.2. The lowest BCUT2D eigenvalue weighted by molar-refractivity contribution is 0.131. The van der Waals surface area contributed by atoms with Crippen LogP contribution >= 0.6 is 15.9 Å². The minimum atomic E-state index is -0.117. The molecular weight excluding hydrogens is 358 g/mol. The van der Waals surface area contributed by atoms with Crippen molar-refractivity contribution in [3.05, 3.63) is 52.5 Å². The Bertz CT molecular complexity index is 702. The van der Waals surface area contributed by atoms with E-state index < -0.39 is 0 Å². The van der Waals surface area contributed by atoms with Crippen molar-refractivity contribution < 1.29 is 9.53 Å². The third kappa shape index (κ3) is 3.82. The minimum absolute atomic E-state index is 0.117. The summed E-state index contributed by atoms with van der Waals surface area (Å²) in [7, 11) is 1.55. The minimum Gasteiger partial charge on any atom is -0.481 e. The molecule has 0 radical (unpaired) electrons. The lowest BCUT2D eigenvalue weighted by Gasteiger charge is -2.39. The Morgan fingerprint density at radius 3 is 2.83 bits per heavy atom. The fraction of sp³-hybridized carbons (Fsp3) is 0.294. The number of benzene rings is 1. The molecule has 1 aromatic carbocycles. The third-order valence-corrected chi connectivity index (χ3v) is 4.65. The Kier molecular flexibility index (Phi) is 4.81. The van der Waals surface area contributed by atoms with Gasteiger partial charge in [-0.25, -0.2) is 4.79 Å². The number of rotatable bonds is 4. The molecule has 23 heavy (non-hydrogen) atoms. The van der Waals surface area contributed by atoms with E-state index >= 15 is 0 Å². The van der Waals surface area contributed by atoms with Crippen LogP contribution in [0.4, 0.5) is 10.6 Å². The molecule has 2 aromatic rings. The number of hydrogen-bond donors (Lipinski definition) is 1. The number of urea groups is 1. The predicted octanol–water partition coefficient (Wildman–Crippen LogP) is 3.56. The summed E-state index contributed by atoms with van der Waals surface area (Å²) < 4.78 is 6.18. The molecule has 1 N–H and O–H groups in total. The number of carbonyl (C=O) groups excluding carboxylic acids is 1. The number of amides is 2. The highest BCUT2D eigenvalue weighted by Crippen LogP contribution is 2.25. The molecule has 2 amide bonds. The van der Waals surface area contributed by atoms with Gasteiger partial charge in [0.2, 0.25) is 5.88 Å². The van der Waals surface area contributed by atoms with Crippen molar-refractivity contribution in [2.75, 3.05) is 25.5 Å². The Morgan fingerprint density at radius 1 is 1.30 bits per heavy atom. The van der Waals surface area contributed by atoms with Crippen molar-refractivity contribution in [2.24, 2.45) is 5.92 Å². The largest absolute Gasteiger partial charge is 0.481 e. The molecule has 6 heteroatoms. The lowest BCUT2D eigenvalue weighted by atomic mass is 9.92. The zero-order valence-electron chi connectivity index (χ0n) is 12.8. The van der Waals surface area contributed by atoms with Crippen molar-refractivity contribution in [1.29, 1.82) is 0 Å². The number of ether oxygens (including phenoxy) is 1. The summed E-state index contributed by atoms with van der Waals surface area (Å²) in [5, 5.41) is 2.80. The maximum absolute atomic E-state index is 12.2. The topological polar surface area (TPSA) is 54.5 Å². The first-order chi connectivity index (χ1) is 11.2. The first-order valence-electron chi connectivity index (χ1n) is 7.46. The molecule has 1 aromatic heterocycles. The molecule has 2 heterocycles. The van der Waals surface area contributed by atoms with E-state index in [2.05, 4.69) is 32.3 Å². The van der Waals surface area contributed by atoms with Gasteiger partial charge in [0.05, 0.1) is 7.11 Å². The van der Waals surface area contributed by atoms with E-state index in [4.69, 9.17) is 4.74 Å². The smallest absolute Gasteiger partial charge is 0.323 e. The van der Waals surface area contributed by atoms with Gasteiger partial charge in [-0.1, -0.05) is 40.2 Å². The van der Waals surface area contributed by atoms with Crippen LogP contribution in [-0.2, 0) is 6.42 Å². The van der Waals surface area contributed by atoms with Gasteiger partial charge in [-0.2, -0.15) is 4.98 Å². The van der Waals surface area contributed by atoms with Crippen molar-refractivity contribution in [3.8, 4) is 5.88 Å². The summed E-state index contributed by atoms with van der Waals surface area (Å²) in [5.74, 6) is 1.49. The molecule has 0 aliphatic carbocycles. The monoisotopic (exact) mass is 375 g/mol. The van der Waals surface area contributed by atoms with Crippen LogP contribution in [0.5, 0.6) is 5.88 Å². The molecule has 1 aliphatic rings. The molecular formula is C17H18BrN3O2. The molecule has 3 rings (SSSR count). The zero-order chi connectivity index (χ0) is 16.2. The summed E-state index contributed by atoms with van der Waals surface area (Å²) in [5.41, 5.74) is 1.28. The number of carbonyl (C=O) groups is 1. The fourth-order valence-corrected chi connectivity index (χ4v) is 3.07. The highest BCUT2D eigenvalue weighted by molar-refractivity contribution is 9.10. The van der Waals surface area contributed by atoms with Crippen LogP contribution in [0.1, 0.15) is 5.56 Å². The van der Waals surface area contributed by atoms with Gasteiger partial charge in [-0.05, 0) is 30.0 Å². The van der Waals surface area contributed by atoms with E-state index in [0.717, 1.165) is 24.0 Å². The van der Waals surface area contributed by atoms with E-state index in [1.807, 2.05) is 18.2 Å². The van der Waals surface area contributed by atoms with Crippen LogP contribution in [0.2, 0.25) is 0 Å². The highest BCUT2D eigenvalue weighted by Gasteiger charge is 2.31. The number of hydrogen-bond acceptors (Lipinski definition) is 3. The number of likely N-dealkylation sites (tertiary alicyclic amines) is 1. The molecule has 1 saturated heterocycles. The van der Waals surface area contributed by atoms with Gasteiger partial charge in [0.25, 0.3) is 0 Å². The number of halogens is 1. The standard InChI is InChI=1S/C17H18BrN3O2/c1-23-16-8-4-7-15(19-16)20-17(22)21-10-12(11-21)9-13-5-2-3-6-14(13)18/h2-8,12H,9-11H2,1H3,(H,19,20,22). The first-order valence-corrected chi connectivity index (χ1v) is 8.25. The van der Waals surface area contributed by atoms with Gasteiger partial charge in [-0.3, -0.25) is 5.32 Å². The zero-order valence-corrected chi connectivity index (χ0v) is 14.4. The molecule has 1 fully saturated rings. The normalized spacial score (nSPS) is 14.3. The number of aromatic nitrogens is 1. The summed E-state index contributed by atoms with van der Waals surface area (Å²) in [6.45, 7) is 1.52. The number of pyridine rings is 1. The van der Waals surface area contributed by atoms with Gasteiger partial charge >= 0.3 is 6.03 Å². The van der Waals surface area contributed by atoms with E-state index in [-0.39, 0.29) is 6.03 Å². The third-order valence-electron chi connectivity index (χ3n) is 3.88. The van der Waals surface area contributed by atoms with Crippen LogP contribution in [0.25, 0.3) is 0 Å². The maximum Gasteiger partial charge on any atom is 0.323 e. The van der Waals surface area contributed by atoms with Crippen LogP contribution in [0.3, 0.4) is 0 Å². The van der Waals surface area contributed by atoms with Crippen LogP contribution in [0, 0.1) is 5.92 Å². The molecule has 0 bridgehead atoms. The van der Waals surface area contributed by atoms with Gasteiger partial charge < -0.3 is 9.64 Å². The maximum atomic E-state index is 12.2.